The molecule has 0 unspecified atom stereocenters. The highest BCUT2D eigenvalue weighted by atomic mass is 19.2. The van der Waals surface area contributed by atoms with Crippen molar-refractivity contribution in [2.45, 2.75) is 6.92 Å². The van der Waals surface area contributed by atoms with Crippen molar-refractivity contribution in [1.82, 2.24) is 14.8 Å². The zero-order valence-electron chi connectivity index (χ0n) is 14.5. The third kappa shape index (κ3) is 4.02. The van der Waals surface area contributed by atoms with Crippen molar-refractivity contribution in [2.75, 3.05) is 31.5 Å². The Morgan fingerprint density at radius 1 is 0.963 bits per heavy atom. The van der Waals surface area contributed by atoms with E-state index in [1.807, 2.05) is 0 Å². The van der Waals surface area contributed by atoms with Gasteiger partial charge in [0.15, 0.2) is 17.5 Å². The first-order valence-electron chi connectivity index (χ1n) is 8.28. The molecule has 0 bridgehead atoms. The molecule has 1 saturated heterocycles. The number of carbonyl (C=O) groups excluding carboxylic acids is 2. The average Bonchev–Trinajstić information content (AvgIpc) is 2.68. The van der Waals surface area contributed by atoms with Gasteiger partial charge in [-0.2, -0.15) is 0 Å². The van der Waals surface area contributed by atoms with Gasteiger partial charge < -0.3 is 15.1 Å². The molecule has 1 aromatic heterocycles. The Labute approximate surface area is 153 Å². The first-order valence-corrected chi connectivity index (χ1v) is 8.28. The minimum Gasteiger partial charge on any atom is -0.352 e. The van der Waals surface area contributed by atoms with Crippen LogP contribution in [0.15, 0.2) is 30.5 Å². The van der Waals surface area contributed by atoms with Crippen LogP contribution in [-0.2, 0) is 4.79 Å². The standard InChI is InChI=1S/C18H17F3N4O2/c1-11(26)24-6-8-25(9-7-24)18(27)15-4-2-12(10-22-15)23-14-5-3-13(19)16(20)17(14)21/h2-5,10,23H,6-9H2,1H3. The second-order valence-electron chi connectivity index (χ2n) is 6.08. The van der Waals surface area contributed by atoms with Crippen molar-refractivity contribution in [3.05, 3.63) is 53.6 Å². The highest BCUT2D eigenvalue weighted by Crippen LogP contribution is 2.23. The van der Waals surface area contributed by atoms with Crippen LogP contribution in [0.1, 0.15) is 17.4 Å². The fraction of sp³-hybridized carbons (Fsp3) is 0.278. The Balaban J connectivity index is 1.66. The van der Waals surface area contributed by atoms with E-state index in [1.165, 1.54) is 25.3 Å². The number of benzene rings is 1. The molecule has 9 heteroatoms. The maximum atomic E-state index is 13.7. The minimum absolute atomic E-state index is 0.0277. The van der Waals surface area contributed by atoms with Crippen LogP contribution >= 0.6 is 0 Å². The van der Waals surface area contributed by atoms with Gasteiger partial charge >= 0.3 is 0 Å². The molecule has 1 aliphatic heterocycles. The third-order valence-corrected chi connectivity index (χ3v) is 4.31. The van der Waals surface area contributed by atoms with Gasteiger partial charge in [-0.05, 0) is 24.3 Å². The van der Waals surface area contributed by atoms with E-state index in [0.29, 0.717) is 31.9 Å². The van der Waals surface area contributed by atoms with E-state index < -0.39 is 17.5 Å². The molecule has 27 heavy (non-hydrogen) atoms. The van der Waals surface area contributed by atoms with Gasteiger partial charge in [0.2, 0.25) is 5.91 Å². The van der Waals surface area contributed by atoms with E-state index in [0.717, 1.165) is 12.1 Å². The van der Waals surface area contributed by atoms with Crippen molar-refractivity contribution in [3.8, 4) is 0 Å². The quantitative estimate of drug-likeness (QED) is 0.834. The molecule has 0 radical (unpaired) electrons. The lowest BCUT2D eigenvalue weighted by Gasteiger charge is -2.34. The van der Waals surface area contributed by atoms with Gasteiger partial charge in [-0.1, -0.05) is 0 Å². The number of halogens is 3. The fourth-order valence-corrected chi connectivity index (χ4v) is 2.76. The molecule has 6 nitrogen and oxygen atoms in total. The zero-order chi connectivity index (χ0) is 19.6. The Kier molecular flexibility index (Phi) is 5.29. The molecule has 0 aliphatic carbocycles. The van der Waals surface area contributed by atoms with Crippen molar-refractivity contribution in [3.63, 3.8) is 0 Å². The largest absolute Gasteiger partial charge is 0.352 e. The van der Waals surface area contributed by atoms with Crippen LogP contribution in [0, 0.1) is 17.5 Å². The van der Waals surface area contributed by atoms with E-state index in [-0.39, 0.29) is 23.2 Å². The Morgan fingerprint density at radius 2 is 1.63 bits per heavy atom. The van der Waals surface area contributed by atoms with Gasteiger partial charge in [0.1, 0.15) is 5.69 Å². The maximum absolute atomic E-state index is 13.7. The molecule has 3 rings (SSSR count). The predicted molar refractivity (Wildman–Crippen MR) is 92.0 cm³/mol. The SMILES string of the molecule is CC(=O)N1CCN(C(=O)c2ccc(Nc3ccc(F)c(F)c3F)cn2)CC1. The smallest absolute Gasteiger partial charge is 0.272 e. The lowest BCUT2D eigenvalue weighted by Crippen LogP contribution is -2.50. The lowest BCUT2D eigenvalue weighted by atomic mass is 10.2. The molecule has 2 amide bonds. The molecule has 1 aliphatic rings. The van der Waals surface area contributed by atoms with E-state index in [2.05, 4.69) is 10.3 Å². The third-order valence-electron chi connectivity index (χ3n) is 4.31. The highest BCUT2D eigenvalue weighted by Gasteiger charge is 2.24. The van der Waals surface area contributed by atoms with Crippen LogP contribution in [0.2, 0.25) is 0 Å². The summed E-state index contributed by atoms with van der Waals surface area (Å²) < 4.78 is 39.9. The van der Waals surface area contributed by atoms with Crippen LogP contribution in [0.25, 0.3) is 0 Å². The number of aromatic nitrogens is 1. The summed E-state index contributed by atoms with van der Waals surface area (Å²) in [5.41, 5.74) is 0.274. The van der Waals surface area contributed by atoms with Gasteiger partial charge in [0.05, 0.1) is 17.6 Å². The molecular weight excluding hydrogens is 361 g/mol. The summed E-state index contributed by atoms with van der Waals surface area (Å²) in [5, 5.41) is 2.59. The molecule has 1 N–H and O–H groups in total. The number of amides is 2. The maximum Gasteiger partial charge on any atom is 0.272 e. The van der Waals surface area contributed by atoms with Crippen LogP contribution in [0.4, 0.5) is 24.5 Å². The van der Waals surface area contributed by atoms with Gasteiger partial charge in [-0.25, -0.2) is 18.2 Å². The number of hydrogen-bond donors (Lipinski definition) is 1. The number of nitrogens with one attached hydrogen (secondary N) is 1. The Morgan fingerprint density at radius 3 is 2.22 bits per heavy atom. The van der Waals surface area contributed by atoms with E-state index >= 15 is 0 Å². The number of pyridine rings is 1. The fourth-order valence-electron chi connectivity index (χ4n) is 2.76. The predicted octanol–water partition coefficient (Wildman–Crippen LogP) is 2.55. The highest BCUT2D eigenvalue weighted by molar-refractivity contribution is 5.92. The first-order chi connectivity index (χ1) is 12.9. The summed E-state index contributed by atoms with van der Waals surface area (Å²) in [5.74, 6) is -4.48. The molecule has 142 valence electrons. The number of anilines is 2. The van der Waals surface area contributed by atoms with Gasteiger partial charge in [0, 0.05) is 33.1 Å². The number of hydrogen-bond acceptors (Lipinski definition) is 4. The van der Waals surface area contributed by atoms with Crippen LogP contribution in [-0.4, -0.2) is 52.8 Å². The monoisotopic (exact) mass is 378 g/mol. The molecule has 0 spiro atoms. The van der Waals surface area contributed by atoms with E-state index in [9.17, 15) is 22.8 Å². The van der Waals surface area contributed by atoms with E-state index in [4.69, 9.17) is 0 Å². The molecule has 2 heterocycles. The van der Waals surface area contributed by atoms with Crippen molar-refractivity contribution in [1.29, 1.82) is 0 Å². The molecule has 0 atom stereocenters. The summed E-state index contributed by atoms with van der Waals surface area (Å²) in [6.07, 6.45) is 1.31. The van der Waals surface area contributed by atoms with Crippen molar-refractivity contribution < 1.29 is 22.8 Å². The first kappa shape index (κ1) is 18.7. The summed E-state index contributed by atoms with van der Waals surface area (Å²) in [4.78, 5) is 31.1. The number of nitrogens with zero attached hydrogens (tertiary/aromatic N) is 3. The molecule has 1 fully saturated rings. The molecular formula is C18H17F3N4O2. The Hall–Kier alpha value is -3.10. The van der Waals surface area contributed by atoms with Gasteiger partial charge in [0.25, 0.3) is 5.91 Å². The summed E-state index contributed by atoms with van der Waals surface area (Å²) in [6, 6.07) is 4.83. The van der Waals surface area contributed by atoms with Crippen LogP contribution < -0.4 is 5.32 Å². The number of rotatable bonds is 3. The Bertz CT molecular complexity index is 866. The van der Waals surface area contributed by atoms with E-state index in [1.54, 1.807) is 9.80 Å². The zero-order valence-corrected chi connectivity index (χ0v) is 14.5. The normalized spacial score (nSPS) is 14.2. The average molecular weight is 378 g/mol. The van der Waals surface area contributed by atoms with Crippen molar-refractivity contribution >= 4 is 23.2 Å². The lowest BCUT2D eigenvalue weighted by molar-refractivity contribution is -0.130. The summed E-state index contributed by atoms with van der Waals surface area (Å²) in [7, 11) is 0. The second-order valence-corrected chi connectivity index (χ2v) is 6.08. The van der Waals surface area contributed by atoms with Gasteiger partial charge in [-0.3, -0.25) is 9.59 Å². The summed E-state index contributed by atoms with van der Waals surface area (Å²) in [6.45, 7) is 3.26. The molecule has 1 aromatic carbocycles. The number of carbonyl (C=O) groups is 2. The van der Waals surface area contributed by atoms with Crippen LogP contribution in [0.3, 0.4) is 0 Å². The number of piperazine rings is 1. The van der Waals surface area contributed by atoms with Gasteiger partial charge in [-0.15, -0.1) is 0 Å². The van der Waals surface area contributed by atoms with Crippen LogP contribution in [0.5, 0.6) is 0 Å². The molecule has 2 aromatic rings. The summed E-state index contributed by atoms with van der Waals surface area (Å²) >= 11 is 0. The second kappa shape index (κ2) is 7.65. The van der Waals surface area contributed by atoms with Crippen molar-refractivity contribution in [2.24, 2.45) is 0 Å². The minimum atomic E-state index is -1.57. The topological polar surface area (TPSA) is 65.5 Å². The molecule has 0 saturated carbocycles.